The summed E-state index contributed by atoms with van der Waals surface area (Å²) in [7, 11) is 0. The highest BCUT2D eigenvalue weighted by Gasteiger charge is 2.08. The van der Waals surface area contributed by atoms with Gasteiger partial charge in [-0.3, -0.25) is 4.79 Å². The third kappa shape index (κ3) is 5.48. The maximum Gasteiger partial charge on any atom is 0.238 e. The standard InChI is InChI=1S/C15H24N2O3/c1-4-9-16-11-15(18)17-12-7-8-13(19-5-2)14(10-12)20-6-3/h7-8,10,16H,4-6,9,11H2,1-3H3,(H,17,18). The Morgan fingerprint density at radius 2 is 1.80 bits per heavy atom. The van der Waals surface area contributed by atoms with Crippen molar-refractivity contribution in [1.29, 1.82) is 0 Å². The number of ether oxygens (including phenoxy) is 2. The first kappa shape index (κ1) is 16.3. The first-order valence-electron chi connectivity index (χ1n) is 7.11. The Morgan fingerprint density at radius 1 is 1.10 bits per heavy atom. The largest absolute Gasteiger partial charge is 0.490 e. The van der Waals surface area contributed by atoms with Gasteiger partial charge in [-0.1, -0.05) is 6.92 Å². The van der Waals surface area contributed by atoms with Crippen LogP contribution in [-0.2, 0) is 4.79 Å². The van der Waals surface area contributed by atoms with E-state index < -0.39 is 0 Å². The summed E-state index contributed by atoms with van der Waals surface area (Å²) < 4.78 is 11.0. The summed E-state index contributed by atoms with van der Waals surface area (Å²) in [5, 5.41) is 5.89. The number of carbonyl (C=O) groups is 1. The lowest BCUT2D eigenvalue weighted by molar-refractivity contribution is -0.115. The van der Waals surface area contributed by atoms with Crippen molar-refractivity contribution in [3.63, 3.8) is 0 Å². The number of rotatable bonds is 9. The van der Waals surface area contributed by atoms with Gasteiger partial charge in [0.05, 0.1) is 19.8 Å². The van der Waals surface area contributed by atoms with Crippen LogP contribution in [0, 0.1) is 0 Å². The third-order valence-corrected chi connectivity index (χ3v) is 2.54. The minimum atomic E-state index is -0.0648. The van der Waals surface area contributed by atoms with Gasteiger partial charge < -0.3 is 20.1 Å². The average Bonchev–Trinajstić information content (AvgIpc) is 2.42. The van der Waals surface area contributed by atoms with Crippen LogP contribution in [0.25, 0.3) is 0 Å². The number of anilines is 1. The Kier molecular flexibility index (Phi) is 7.50. The summed E-state index contributed by atoms with van der Waals surface area (Å²) in [6.07, 6.45) is 1.00. The first-order valence-corrected chi connectivity index (χ1v) is 7.11. The predicted octanol–water partition coefficient (Wildman–Crippen LogP) is 2.42. The molecule has 1 aromatic rings. The van der Waals surface area contributed by atoms with E-state index in [-0.39, 0.29) is 5.91 Å². The number of hydrogen-bond donors (Lipinski definition) is 2. The second-order valence-electron chi connectivity index (χ2n) is 4.25. The highest BCUT2D eigenvalue weighted by molar-refractivity contribution is 5.92. The molecule has 112 valence electrons. The number of amides is 1. The van der Waals surface area contributed by atoms with Crippen LogP contribution in [0.1, 0.15) is 27.2 Å². The van der Waals surface area contributed by atoms with Crippen molar-refractivity contribution in [1.82, 2.24) is 5.32 Å². The molecule has 0 aliphatic heterocycles. The maximum atomic E-state index is 11.7. The van der Waals surface area contributed by atoms with Crippen LogP contribution < -0.4 is 20.1 Å². The molecule has 1 rings (SSSR count). The highest BCUT2D eigenvalue weighted by atomic mass is 16.5. The van der Waals surface area contributed by atoms with Gasteiger partial charge in [0.1, 0.15) is 0 Å². The molecule has 0 radical (unpaired) electrons. The molecule has 2 N–H and O–H groups in total. The Hall–Kier alpha value is -1.75. The quantitative estimate of drug-likeness (QED) is 0.682. The van der Waals surface area contributed by atoms with E-state index in [1.807, 2.05) is 26.0 Å². The van der Waals surface area contributed by atoms with Crippen molar-refractivity contribution in [3.05, 3.63) is 18.2 Å². The van der Waals surface area contributed by atoms with E-state index in [1.165, 1.54) is 0 Å². The zero-order chi connectivity index (χ0) is 14.8. The molecule has 0 fully saturated rings. The lowest BCUT2D eigenvalue weighted by Crippen LogP contribution is -2.28. The van der Waals surface area contributed by atoms with Crippen LogP contribution in [0.15, 0.2) is 18.2 Å². The van der Waals surface area contributed by atoms with Crippen molar-refractivity contribution >= 4 is 11.6 Å². The van der Waals surface area contributed by atoms with Crippen molar-refractivity contribution < 1.29 is 14.3 Å². The molecule has 20 heavy (non-hydrogen) atoms. The Balaban J connectivity index is 2.66. The second kappa shape index (κ2) is 9.20. The summed E-state index contributed by atoms with van der Waals surface area (Å²) >= 11 is 0. The third-order valence-electron chi connectivity index (χ3n) is 2.54. The van der Waals surface area contributed by atoms with Gasteiger partial charge in [-0.15, -0.1) is 0 Å². The zero-order valence-corrected chi connectivity index (χ0v) is 12.5. The van der Waals surface area contributed by atoms with E-state index in [4.69, 9.17) is 9.47 Å². The lowest BCUT2D eigenvalue weighted by atomic mass is 10.2. The number of carbonyl (C=O) groups excluding carboxylic acids is 1. The average molecular weight is 280 g/mol. The number of hydrogen-bond acceptors (Lipinski definition) is 4. The van der Waals surface area contributed by atoms with Gasteiger partial charge in [-0.2, -0.15) is 0 Å². The topological polar surface area (TPSA) is 59.6 Å². The molecule has 5 heteroatoms. The normalized spacial score (nSPS) is 10.2. The summed E-state index contributed by atoms with van der Waals surface area (Å²) in [5.74, 6) is 1.27. The van der Waals surface area contributed by atoms with Crippen LogP contribution in [0.3, 0.4) is 0 Å². The zero-order valence-electron chi connectivity index (χ0n) is 12.5. The molecule has 0 atom stereocenters. The lowest BCUT2D eigenvalue weighted by Gasteiger charge is -2.13. The molecule has 1 amide bonds. The smallest absolute Gasteiger partial charge is 0.238 e. The first-order chi connectivity index (χ1) is 9.71. The van der Waals surface area contributed by atoms with E-state index in [0.29, 0.717) is 36.9 Å². The second-order valence-corrected chi connectivity index (χ2v) is 4.25. The van der Waals surface area contributed by atoms with E-state index >= 15 is 0 Å². The van der Waals surface area contributed by atoms with E-state index in [1.54, 1.807) is 6.07 Å². The monoisotopic (exact) mass is 280 g/mol. The molecule has 0 saturated carbocycles. The van der Waals surface area contributed by atoms with Gasteiger partial charge in [0.25, 0.3) is 0 Å². The van der Waals surface area contributed by atoms with Crippen molar-refractivity contribution in [2.45, 2.75) is 27.2 Å². The minimum absolute atomic E-state index is 0.0648. The molecule has 1 aromatic carbocycles. The maximum absolute atomic E-state index is 11.7. The molecule has 0 bridgehead atoms. The van der Waals surface area contributed by atoms with Crippen molar-refractivity contribution in [3.8, 4) is 11.5 Å². The fourth-order valence-electron chi connectivity index (χ4n) is 1.71. The van der Waals surface area contributed by atoms with E-state index in [2.05, 4.69) is 17.6 Å². The van der Waals surface area contributed by atoms with Crippen LogP contribution in [0.2, 0.25) is 0 Å². The Morgan fingerprint density at radius 3 is 2.45 bits per heavy atom. The molecule has 5 nitrogen and oxygen atoms in total. The summed E-state index contributed by atoms with van der Waals surface area (Å²) in [6, 6.07) is 5.40. The van der Waals surface area contributed by atoms with Gasteiger partial charge in [0.2, 0.25) is 5.91 Å². The molecule has 0 aliphatic rings. The van der Waals surface area contributed by atoms with E-state index in [0.717, 1.165) is 13.0 Å². The fourth-order valence-corrected chi connectivity index (χ4v) is 1.71. The van der Waals surface area contributed by atoms with Crippen LogP contribution in [-0.4, -0.2) is 32.2 Å². The summed E-state index contributed by atoms with van der Waals surface area (Å²) in [6.45, 7) is 8.17. The molecule has 0 aliphatic carbocycles. The van der Waals surface area contributed by atoms with Crippen LogP contribution >= 0.6 is 0 Å². The molecular weight excluding hydrogens is 256 g/mol. The summed E-state index contributed by atoms with van der Waals surface area (Å²) in [4.78, 5) is 11.7. The van der Waals surface area contributed by atoms with Gasteiger partial charge in [-0.25, -0.2) is 0 Å². The Bertz CT molecular complexity index is 422. The molecule has 0 heterocycles. The molecule has 0 unspecified atom stereocenters. The highest BCUT2D eigenvalue weighted by Crippen LogP contribution is 2.30. The Labute approximate surface area is 120 Å². The minimum Gasteiger partial charge on any atom is -0.490 e. The fraction of sp³-hybridized carbons (Fsp3) is 0.533. The van der Waals surface area contributed by atoms with Crippen LogP contribution in [0.4, 0.5) is 5.69 Å². The molecule has 0 saturated heterocycles. The van der Waals surface area contributed by atoms with Crippen molar-refractivity contribution in [2.24, 2.45) is 0 Å². The van der Waals surface area contributed by atoms with Crippen molar-refractivity contribution in [2.75, 3.05) is 31.6 Å². The van der Waals surface area contributed by atoms with Crippen LogP contribution in [0.5, 0.6) is 11.5 Å². The number of benzene rings is 1. The molecule has 0 spiro atoms. The SMILES string of the molecule is CCCNCC(=O)Nc1ccc(OCC)c(OCC)c1. The van der Waals surface area contributed by atoms with Gasteiger partial charge in [0, 0.05) is 11.8 Å². The summed E-state index contributed by atoms with van der Waals surface area (Å²) in [5.41, 5.74) is 0.709. The van der Waals surface area contributed by atoms with E-state index in [9.17, 15) is 4.79 Å². The van der Waals surface area contributed by atoms with Gasteiger partial charge in [-0.05, 0) is 38.9 Å². The number of nitrogens with one attached hydrogen (secondary N) is 2. The van der Waals surface area contributed by atoms with Gasteiger partial charge in [0.15, 0.2) is 11.5 Å². The predicted molar refractivity (Wildman–Crippen MR) is 80.6 cm³/mol. The van der Waals surface area contributed by atoms with Gasteiger partial charge >= 0.3 is 0 Å². The molecule has 0 aromatic heterocycles. The molecular formula is C15H24N2O3.